The maximum atomic E-state index is 11.5. The number of carbonyl (C=O) groups is 2. The summed E-state index contributed by atoms with van der Waals surface area (Å²) in [5.41, 5.74) is 6.43. The topological polar surface area (TPSA) is 70.2 Å². The number of allylic oxidation sites excluding steroid dienone is 10. The number of hydrazine groups is 1. The van der Waals surface area contributed by atoms with Crippen molar-refractivity contribution in [1.29, 1.82) is 0 Å². The summed E-state index contributed by atoms with van der Waals surface area (Å²) in [4.78, 5) is 22.9. The smallest absolute Gasteiger partial charge is 0.189 e. The van der Waals surface area contributed by atoms with Gasteiger partial charge in [0.1, 0.15) is 0 Å². The zero-order valence-corrected chi connectivity index (χ0v) is 15.5. The van der Waals surface area contributed by atoms with E-state index in [1.807, 2.05) is 0 Å². The van der Waals surface area contributed by atoms with Gasteiger partial charge in [0, 0.05) is 43.0 Å². The standard InChI is InChI=1S/C15H13N3O2S.Zn/c19-13-7-3-1-5-11(13)9-16-15(21)18-17-10-12-6-2-4-8-14(12)20;/h1-10,17H,(H2,16,18,21);/b11-9-,12-10-;. The van der Waals surface area contributed by atoms with E-state index in [2.05, 4.69) is 16.2 Å². The third kappa shape index (κ3) is 5.35. The van der Waals surface area contributed by atoms with Crippen molar-refractivity contribution in [2.45, 2.75) is 0 Å². The van der Waals surface area contributed by atoms with Crippen LogP contribution in [0.1, 0.15) is 0 Å². The van der Waals surface area contributed by atoms with Crippen LogP contribution in [-0.4, -0.2) is 16.7 Å². The maximum Gasteiger partial charge on any atom is 0.189 e. The first-order valence-electron chi connectivity index (χ1n) is 6.17. The number of nitrogens with one attached hydrogen (secondary N) is 3. The van der Waals surface area contributed by atoms with Crippen molar-refractivity contribution in [3.63, 3.8) is 0 Å². The Labute approximate surface area is 146 Å². The molecule has 0 unspecified atom stereocenters. The van der Waals surface area contributed by atoms with Crippen LogP contribution in [0.2, 0.25) is 0 Å². The molecule has 0 aromatic rings. The van der Waals surface area contributed by atoms with E-state index >= 15 is 0 Å². The molecule has 0 aliphatic heterocycles. The summed E-state index contributed by atoms with van der Waals surface area (Å²) in [7, 11) is 0. The molecule has 2 rings (SSSR count). The van der Waals surface area contributed by atoms with Gasteiger partial charge in [-0.25, -0.2) is 0 Å². The number of rotatable bonds is 3. The van der Waals surface area contributed by atoms with Gasteiger partial charge in [0.25, 0.3) is 0 Å². The molecular formula is C15H13N3O2SZn. The second-order valence-corrected chi connectivity index (χ2v) is 4.52. The molecule has 22 heavy (non-hydrogen) atoms. The Bertz CT molecular complexity index is 658. The second-order valence-electron chi connectivity index (χ2n) is 4.11. The molecule has 7 heteroatoms. The third-order valence-electron chi connectivity index (χ3n) is 2.61. The first-order chi connectivity index (χ1) is 10.2. The average Bonchev–Trinajstić information content (AvgIpc) is 2.48. The summed E-state index contributed by atoms with van der Waals surface area (Å²) in [5, 5.41) is 3.05. The Morgan fingerprint density at radius 1 is 0.864 bits per heavy atom. The van der Waals surface area contributed by atoms with Gasteiger partial charge >= 0.3 is 0 Å². The van der Waals surface area contributed by atoms with Crippen LogP contribution in [-0.2, 0) is 29.1 Å². The Morgan fingerprint density at radius 2 is 1.36 bits per heavy atom. The molecule has 0 bridgehead atoms. The molecule has 0 aromatic heterocycles. The molecule has 0 heterocycles. The van der Waals surface area contributed by atoms with Crippen LogP contribution < -0.4 is 16.2 Å². The zero-order chi connectivity index (χ0) is 15.1. The molecule has 0 spiro atoms. The van der Waals surface area contributed by atoms with Crippen molar-refractivity contribution in [2.75, 3.05) is 0 Å². The van der Waals surface area contributed by atoms with Gasteiger partial charge in [0.15, 0.2) is 16.7 Å². The minimum atomic E-state index is -0.0902. The van der Waals surface area contributed by atoms with Crippen molar-refractivity contribution in [2.24, 2.45) is 0 Å². The van der Waals surface area contributed by atoms with Crippen molar-refractivity contribution in [1.82, 2.24) is 16.2 Å². The van der Waals surface area contributed by atoms with Gasteiger partial charge < -0.3 is 10.7 Å². The van der Waals surface area contributed by atoms with E-state index in [0.29, 0.717) is 11.1 Å². The molecule has 108 valence electrons. The normalized spacial score (nSPS) is 19.3. The molecule has 0 amide bonds. The molecule has 3 N–H and O–H groups in total. The molecule has 2 aliphatic carbocycles. The van der Waals surface area contributed by atoms with Gasteiger partial charge in [-0.1, -0.05) is 24.3 Å². The van der Waals surface area contributed by atoms with Crippen LogP contribution in [0.4, 0.5) is 0 Å². The largest absolute Gasteiger partial charge is 0.337 e. The molecule has 0 radical (unpaired) electrons. The van der Waals surface area contributed by atoms with E-state index in [1.54, 1.807) is 36.5 Å². The van der Waals surface area contributed by atoms with Gasteiger partial charge in [-0.05, 0) is 36.5 Å². The average molecular weight is 365 g/mol. The van der Waals surface area contributed by atoms with E-state index in [0.717, 1.165) is 0 Å². The Balaban J connectivity index is 0.00000242. The third-order valence-corrected chi connectivity index (χ3v) is 2.83. The minimum Gasteiger partial charge on any atom is -0.337 e. The number of thiocarbonyl (C=S) groups is 1. The number of hydrogen-bond donors (Lipinski definition) is 3. The van der Waals surface area contributed by atoms with Crippen molar-refractivity contribution in [3.05, 3.63) is 72.2 Å². The fraction of sp³-hybridized carbons (Fsp3) is 0. The van der Waals surface area contributed by atoms with Crippen LogP contribution >= 0.6 is 12.2 Å². The molecule has 0 aromatic carbocycles. The van der Waals surface area contributed by atoms with Gasteiger partial charge in [0.2, 0.25) is 0 Å². The molecule has 5 nitrogen and oxygen atoms in total. The zero-order valence-electron chi connectivity index (χ0n) is 11.7. The van der Waals surface area contributed by atoms with Crippen LogP contribution in [0.3, 0.4) is 0 Å². The molecule has 0 saturated carbocycles. The van der Waals surface area contributed by atoms with E-state index in [9.17, 15) is 9.59 Å². The van der Waals surface area contributed by atoms with Crippen molar-refractivity contribution >= 4 is 28.9 Å². The van der Waals surface area contributed by atoms with Crippen molar-refractivity contribution in [3.8, 4) is 0 Å². The quantitative estimate of drug-likeness (QED) is 0.302. The van der Waals surface area contributed by atoms with Crippen LogP contribution in [0, 0.1) is 0 Å². The predicted octanol–water partition coefficient (Wildman–Crippen LogP) is 1.11. The predicted molar refractivity (Wildman–Crippen MR) is 84.7 cm³/mol. The van der Waals surface area contributed by atoms with E-state index in [-0.39, 0.29) is 36.2 Å². The molecule has 2 aliphatic rings. The fourth-order valence-electron chi connectivity index (χ4n) is 1.56. The summed E-state index contributed by atoms with van der Waals surface area (Å²) in [5.74, 6) is -0.176. The maximum absolute atomic E-state index is 11.5. The van der Waals surface area contributed by atoms with E-state index in [4.69, 9.17) is 12.2 Å². The first kappa shape index (κ1) is 17.9. The number of hydrogen-bond acceptors (Lipinski definition) is 4. The van der Waals surface area contributed by atoms with Gasteiger partial charge in [0.05, 0.1) is 0 Å². The van der Waals surface area contributed by atoms with Crippen LogP contribution in [0.25, 0.3) is 0 Å². The van der Waals surface area contributed by atoms with Gasteiger partial charge in [-0.3, -0.25) is 15.0 Å². The molecular weight excluding hydrogens is 352 g/mol. The first-order valence-corrected chi connectivity index (χ1v) is 6.58. The van der Waals surface area contributed by atoms with Crippen LogP contribution in [0.15, 0.2) is 72.2 Å². The summed E-state index contributed by atoms with van der Waals surface area (Å²) in [6, 6.07) is 0. The number of carbonyl (C=O) groups excluding carboxylic acids is 2. The van der Waals surface area contributed by atoms with Gasteiger partial charge in [-0.15, -0.1) is 0 Å². The number of ketones is 2. The summed E-state index contributed by atoms with van der Waals surface area (Å²) < 4.78 is 0. The second kappa shape index (κ2) is 9.02. The summed E-state index contributed by atoms with van der Waals surface area (Å²) in [6.07, 6.45) is 16.2. The molecule has 0 atom stereocenters. The summed E-state index contributed by atoms with van der Waals surface area (Å²) in [6.45, 7) is 0. The summed E-state index contributed by atoms with van der Waals surface area (Å²) >= 11 is 5.03. The fourth-order valence-corrected chi connectivity index (χ4v) is 1.68. The monoisotopic (exact) mass is 363 g/mol. The van der Waals surface area contributed by atoms with E-state index < -0.39 is 0 Å². The minimum absolute atomic E-state index is 0. The Kier molecular flexibility index (Phi) is 7.36. The molecule has 0 saturated heterocycles. The SMILES string of the molecule is O=C1C=CC=C/C1=C/NNC(=S)N/C=C1/C=CC=CC1=O.[Zn]. The Morgan fingerprint density at radius 3 is 1.91 bits per heavy atom. The van der Waals surface area contributed by atoms with Gasteiger partial charge in [-0.2, -0.15) is 0 Å². The van der Waals surface area contributed by atoms with Crippen molar-refractivity contribution < 1.29 is 29.1 Å². The van der Waals surface area contributed by atoms with Crippen LogP contribution in [0.5, 0.6) is 0 Å². The Hall–Kier alpha value is -2.11. The van der Waals surface area contributed by atoms with E-state index in [1.165, 1.54) is 24.6 Å². The molecule has 0 fully saturated rings.